The van der Waals surface area contributed by atoms with E-state index < -0.39 is 159 Å². The van der Waals surface area contributed by atoms with E-state index in [-0.39, 0.29) is 33.0 Å². The zero-order valence-electron chi connectivity index (χ0n) is 39.1. The first-order valence-electron chi connectivity index (χ1n) is 19.1. The van der Waals surface area contributed by atoms with Crippen molar-refractivity contribution < 1.29 is 92.1 Å². The van der Waals surface area contributed by atoms with Gasteiger partial charge in [0, 0.05) is 0 Å². The second-order valence-electron chi connectivity index (χ2n) is 20.6. The topological polar surface area (TPSA) is 42.3 Å². The number of nitrogens with zero attached hydrogens (tertiary/aromatic N) is 3. The maximum atomic E-state index is 14.6. The third-order valence-electron chi connectivity index (χ3n) is 7.48. The van der Waals surface area contributed by atoms with E-state index in [1.165, 1.54) is 0 Å². The van der Waals surface area contributed by atoms with Crippen molar-refractivity contribution in [1.82, 2.24) is 0 Å². The summed E-state index contributed by atoms with van der Waals surface area (Å²) in [7, 11) is -6.64. The van der Waals surface area contributed by atoms with Crippen LogP contribution < -0.4 is 16.4 Å². The summed E-state index contributed by atoms with van der Waals surface area (Å²) in [5, 5.41) is 0. The fraction of sp³-hybridized carbons (Fsp3) is 0.514. The summed E-state index contributed by atoms with van der Waals surface area (Å²) in [6.45, 7) is 41.1. The van der Waals surface area contributed by atoms with Gasteiger partial charge in [-0.2, -0.15) is 6.82 Å². The molecule has 0 aliphatic carbocycles. The molecule has 3 aromatic rings. The van der Waals surface area contributed by atoms with Gasteiger partial charge in [-0.05, 0) is 0 Å². The molecule has 0 bridgehead atoms. The Balaban J connectivity index is 0. The average molecular weight is 1100 g/mol. The summed E-state index contributed by atoms with van der Waals surface area (Å²) >= 11 is 0. The van der Waals surface area contributed by atoms with Gasteiger partial charge < -0.3 is 13.9 Å². The van der Waals surface area contributed by atoms with Crippen LogP contribution in [0.4, 0.5) is 65.9 Å². The first-order chi connectivity index (χ1) is 27.1. The first-order valence-corrected chi connectivity index (χ1v) is 39.8. The molecule has 0 amide bonds. The van der Waals surface area contributed by atoms with Crippen molar-refractivity contribution in [2.24, 2.45) is 0 Å². The molecule has 0 saturated heterocycles. The van der Waals surface area contributed by atoms with Crippen LogP contribution in [-0.2, 0) is 26.2 Å². The molecule has 0 aromatic heterocycles. The van der Waals surface area contributed by atoms with Gasteiger partial charge in [-0.3, -0.25) is 0 Å². The van der Waals surface area contributed by atoms with Crippen LogP contribution in [0.5, 0.6) is 0 Å². The Labute approximate surface area is 387 Å². The van der Waals surface area contributed by atoms with E-state index >= 15 is 0 Å². The van der Waals surface area contributed by atoms with Gasteiger partial charge in [-0.1, -0.05) is 167 Å². The molecule has 0 unspecified atom stereocenters. The van der Waals surface area contributed by atoms with E-state index in [2.05, 4.69) is 118 Å². The number of benzene rings is 3. The van der Waals surface area contributed by atoms with Gasteiger partial charge in [0.25, 0.3) is 0 Å². The molecule has 0 aliphatic rings. The summed E-state index contributed by atoms with van der Waals surface area (Å²) in [5.74, 6) is -45.1. The van der Waals surface area contributed by atoms with Crippen LogP contribution in [0, 0.1) is 87.3 Å². The van der Waals surface area contributed by atoms with Crippen LogP contribution in [-0.4, -0.2) is 55.6 Å². The molecular formula is C37H57BF15N3Si6Zr. The molecule has 0 saturated carbocycles. The molecule has 0 N–H and O–H groups in total. The minimum absolute atomic E-state index is 0. The standard InChI is InChI=1S/C19H3BF15.3C6H18NSi2.Zr/c1-20(2-5(21)11(27)17(33)12(28)6(2)22,3-7(23)13(29)18(34)14(30)8(3)24)4-9(25)15(31)19(35)16(32)10(4)26;3*1-8(2,3)7-9(4,5)6;/h1H3;3*1-6H3;/q4*-1;+4. The molecule has 0 aliphatic heterocycles. The Morgan fingerprint density at radius 1 is 0.238 bits per heavy atom. The number of rotatable bonds is 9. The predicted molar refractivity (Wildman–Crippen MR) is 239 cm³/mol. The molecule has 26 heteroatoms. The van der Waals surface area contributed by atoms with Crippen molar-refractivity contribution in [2.45, 2.75) is 125 Å². The van der Waals surface area contributed by atoms with E-state index in [4.69, 9.17) is 13.9 Å². The van der Waals surface area contributed by atoms with Gasteiger partial charge in [0.1, 0.15) is 41.0 Å². The second kappa shape index (κ2) is 22.7. The van der Waals surface area contributed by atoms with Crippen molar-refractivity contribution in [2.75, 3.05) is 0 Å². The summed E-state index contributed by atoms with van der Waals surface area (Å²) in [5.41, 5.74) is -7.89. The molecule has 0 fully saturated rings. The zero-order valence-corrected chi connectivity index (χ0v) is 47.5. The third kappa shape index (κ3) is 18.4. The quantitative estimate of drug-likeness (QED) is 0.0887. The molecule has 0 heterocycles. The van der Waals surface area contributed by atoms with Crippen LogP contribution in [0.1, 0.15) is 0 Å². The number of hydrogen-bond acceptors (Lipinski definition) is 0. The third-order valence-corrected chi connectivity index (χ3v) is 23.6. The molecule has 3 rings (SSSR count). The van der Waals surface area contributed by atoms with Crippen molar-refractivity contribution >= 4 is 71.9 Å². The summed E-state index contributed by atoms with van der Waals surface area (Å²) in [6, 6.07) is 0. The number of halogens is 15. The molecule has 0 spiro atoms. The Morgan fingerprint density at radius 3 is 0.413 bits per heavy atom. The van der Waals surface area contributed by atoms with Gasteiger partial charge in [-0.15, -0.1) is 16.4 Å². The largest absolute Gasteiger partial charge is 4.00 e. The summed E-state index contributed by atoms with van der Waals surface area (Å²) < 4.78 is 226. The summed E-state index contributed by atoms with van der Waals surface area (Å²) in [6.07, 6.45) is -5.41. The van der Waals surface area contributed by atoms with Gasteiger partial charge in [0.05, 0.1) is 0 Å². The normalized spacial score (nSPS) is 12.7. The van der Waals surface area contributed by atoms with E-state index in [0.29, 0.717) is 0 Å². The molecule has 3 nitrogen and oxygen atoms in total. The van der Waals surface area contributed by atoms with Crippen LogP contribution in [0.3, 0.4) is 0 Å². The smallest absolute Gasteiger partial charge is 0.668 e. The van der Waals surface area contributed by atoms with Crippen molar-refractivity contribution in [3.8, 4) is 0 Å². The van der Waals surface area contributed by atoms with Crippen LogP contribution in [0.25, 0.3) is 13.9 Å². The first kappa shape index (κ1) is 63.8. The molecular weight excluding hydrogens is 1040 g/mol. The SMILES string of the molecule is C[B-](c1c(F)c(F)c(F)c(F)c1F)(c1c(F)c(F)c(F)c(F)c1F)c1c(F)c(F)c(F)c(F)c1F.C[Si](C)(C)[N-][Si](C)(C)C.C[Si](C)(C)[N-][Si](C)(C)C.C[Si](C)(C)[N-][Si](C)(C)C.[Zr+4]. The Bertz CT molecular complexity index is 1730. The Morgan fingerprint density at radius 2 is 0.333 bits per heavy atom. The van der Waals surface area contributed by atoms with E-state index in [9.17, 15) is 65.9 Å². The Kier molecular flexibility index (Phi) is 23.0. The van der Waals surface area contributed by atoms with Gasteiger partial charge in [0.15, 0.2) is 52.4 Å². The zero-order chi connectivity index (χ0) is 50.0. The van der Waals surface area contributed by atoms with Gasteiger partial charge in [-0.25, -0.2) is 65.9 Å². The van der Waals surface area contributed by atoms with Gasteiger partial charge >= 0.3 is 26.2 Å². The van der Waals surface area contributed by atoms with Crippen molar-refractivity contribution in [3.05, 3.63) is 101 Å². The fourth-order valence-electron chi connectivity index (χ4n) is 6.84. The molecule has 356 valence electrons. The maximum Gasteiger partial charge on any atom is 4.00 e. The Hall–Kier alpha value is -1.26. The fourth-order valence-corrected chi connectivity index (χ4v) is 31.0. The minimum atomic E-state index is -5.41. The average Bonchev–Trinajstić information content (AvgIpc) is 3.02. The van der Waals surface area contributed by atoms with Crippen LogP contribution in [0.15, 0.2) is 0 Å². The van der Waals surface area contributed by atoms with Crippen LogP contribution >= 0.6 is 0 Å². The monoisotopic (exact) mass is 1100 g/mol. The maximum absolute atomic E-state index is 14.6. The minimum Gasteiger partial charge on any atom is -0.668 e. The summed E-state index contributed by atoms with van der Waals surface area (Å²) in [4.78, 5) is 0. The molecule has 0 radical (unpaired) electrons. The van der Waals surface area contributed by atoms with Crippen molar-refractivity contribution in [1.29, 1.82) is 0 Å². The van der Waals surface area contributed by atoms with Crippen molar-refractivity contribution in [3.63, 3.8) is 0 Å². The second-order valence-corrected chi connectivity index (χ2v) is 49.3. The van der Waals surface area contributed by atoms with Crippen LogP contribution in [0.2, 0.25) is 125 Å². The molecule has 3 aromatic carbocycles. The van der Waals surface area contributed by atoms with E-state index in [1.54, 1.807) is 0 Å². The number of hydrogen-bond donors (Lipinski definition) is 0. The molecule has 0 atom stereocenters. The van der Waals surface area contributed by atoms with Gasteiger partial charge in [0.2, 0.25) is 0 Å². The predicted octanol–water partition coefficient (Wildman–Crippen LogP) is 14.0. The molecule has 63 heavy (non-hydrogen) atoms. The van der Waals surface area contributed by atoms with E-state index in [1.807, 2.05) is 0 Å². The van der Waals surface area contributed by atoms with E-state index in [0.717, 1.165) is 0 Å².